The predicted octanol–water partition coefficient (Wildman–Crippen LogP) is 16.3. The Kier molecular flexibility index (Phi) is 8.81. The summed E-state index contributed by atoms with van der Waals surface area (Å²) in [6.07, 6.45) is 0. The van der Waals surface area contributed by atoms with Crippen LogP contribution in [0.15, 0.2) is 243 Å². The van der Waals surface area contributed by atoms with Crippen molar-refractivity contribution in [3.8, 4) is 45.1 Å². The van der Waals surface area contributed by atoms with E-state index in [4.69, 9.17) is 9.97 Å². The number of benzene rings is 10. The van der Waals surface area contributed by atoms with Crippen molar-refractivity contribution in [2.45, 2.75) is 0 Å². The average molecular weight is 841 g/mol. The van der Waals surface area contributed by atoms with Crippen LogP contribution >= 0.6 is 0 Å². The van der Waals surface area contributed by atoms with Gasteiger partial charge in [0.15, 0.2) is 0 Å². The van der Waals surface area contributed by atoms with E-state index in [2.05, 4.69) is 240 Å². The molecule has 0 fully saturated rings. The monoisotopic (exact) mass is 840 g/mol. The maximum absolute atomic E-state index is 5.32. The molecule has 0 atom stereocenters. The summed E-state index contributed by atoms with van der Waals surface area (Å²) in [5, 5.41) is 10.5. The highest BCUT2D eigenvalue weighted by Gasteiger charge is 2.19. The Bertz CT molecular complexity index is 4090. The number of hydrogen-bond donors (Lipinski definition) is 0. The van der Waals surface area contributed by atoms with Crippen molar-refractivity contribution < 1.29 is 0 Å². The SMILES string of the molecule is c1ccc(-c2ccc(-n3c4ccccc4c4ccccc4c4ccccc4c4cc(-c5ccc6c(c5)c5ccccc5n6-c5nc(-c6ccccc6)c6ccccc6n5)ccc43)cc2)cc1. The van der Waals surface area contributed by atoms with E-state index >= 15 is 0 Å². The lowest BCUT2D eigenvalue weighted by molar-refractivity contribution is 1.01. The summed E-state index contributed by atoms with van der Waals surface area (Å²) in [5.74, 6) is 0.651. The van der Waals surface area contributed by atoms with E-state index in [1.807, 2.05) is 12.1 Å². The van der Waals surface area contributed by atoms with Crippen LogP contribution in [0.4, 0.5) is 0 Å². The summed E-state index contributed by atoms with van der Waals surface area (Å²) < 4.78 is 4.68. The van der Waals surface area contributed by atoms with Gasteiger partial charge in [-0.05, 0) is 98.4 Å². The average Bonchev–Trinajstić information content (AvgIpc) is 3.74. The summed E-state index contributed by atoms with van der Waals surface area (Å²) in [6, 6.07) is 87.4. The maximum Gasteiger partial charge on any atom is 0.235 e. The zero-order valence-electron chi connectivity index (χ0n) is 35.9. The van der Waals surface area contributed by atoms with Crippen molar-refractivity contribution in [3.63, 3.8) is 0 Å². The normalized spacial score (nSPS) is 11.6. The summed E-state index contributed by atoms with van der Waals surface area (Å²) in [4.78, 5) is 10.5. The highest BCUT2D eigenvalue weighted by Crippen LogP contribution is 2.39. The number of aromatic nitrogens is 4. The third-order valence-electron chi connectivity index (χ3n) is 13.2. The molecule has 4 nitrogen and oxygen atoms in total. The molecule has 13 rings (SSSR count). The number of rotatable bonds is 5. The topological polar surface area (TPSA) is 35.6 Å². The Balaban J connectivity index is 1.07. The van der Waals surface area contributed by atoms with E-state index in [0.717, 1.165) is 77.2 Å². The number of hydrogen-bond acceptors (Lipinski definition) is 2. The smallest absolute Gasteiger partial charge is 0.235 e. The molecule has 3 aromatic heterocycles. The Labute approximate surface area is 381 Å². The van der Waals surface area contributed by atoms with Crippen LogP contribution in [0.3, 0.4) is 0 Å². The lowest BCUT2D eigenvalue weighted by atomic mass is 9.98. The first-order valence-electron chi connectivity index (χ1n) is 22.5. The maximum atomic E-state index is 5.32. The second-order valence-corrected chi connectivity index (χ2v) is 16.9. The molecule has 4 heteroatoms. The van der Waals surface area contributed by atoms with Crippen LogP contribution in [0.5, 0.6) is 0 Å². The second-order valence-electron chi connectivity index (χ2n) is 16.9. The van der Waals surface area contributed by atoms with Crippen LogP contribution in [0.2, 0.25) is 0 Å². The van der Waals surface area contributed by atoms with Crippen LogP contribution in [0.1, 0.15) is 0 Å². The molecule has 0 aliphatic rings. The van der Waals surface area contributed by atoms with Gasteiger partial charge in [0.05, 0.1) is 33.3 Å². The Hall–Kier alpha value is -8.86. The van der Waals surface area contributed by atoms with Crippen molar-refractivity contribution in [3.05, 3.63) is 243 Å². The van der Waals surface area contributed by atoms with Gasteiger partial charge in [-0.1, -0.05) is 188 Å². The number of para-hydroxylation sites is 3. The van der Waals surface area contributed by atoms with Gasteiger partial charge in [-0.25, -0.2) is 9.97 Å². The Morgan fingerprint density at radius 3 is 1.26 bits per heavy atom. The van der Waals surface area contributed by atoms with Crippen LogP contribution < -0.4 is 0 Å². The summed E-state index contributed by atoms with van der Waals surface area (Å²) >= 11 is 0. The van der Waals surface area contributed by atoms with Gasteiger partial charge in [-0.2, -0.15) is 0 Å². The van der Waals surface area contributed by atoms with Gasteiger partial charge in [-0.3, -0.25) is 4.57 Å². The third-order valence-corrected chi connectivity index (χ3v) is 13.2. The highest BCUT2D eigenvalue weighted by atomic mass is 15.2. The largest absolute Gasteiger partial charge is 0.309 e. The van der Waals surface area contributed by atoms with Gasteiger partial charge in [0.2, 0.25) is 5.95 Å². The van der Waals surface area contributed by atoms with E-state index in [-0.39, 0.29) is 0 Å². The van der Waals surface area contributed by atoms with Crippen LogP contribution in [0.25, 0.3) is 121 Å². The molecule has 0 aliphatic carbocycles. The minimum absolute atomic E-state index is 0.651. The third kappa shape index (κ3) is 6.15. The van der Waals surface area contributed by atoms with E-state index in [1.54, 1.807) is 0 Å². The van der Waals surface area contributed by atoms with Gasteiger partial charge in [0, 0.05) is 38.2 Å². The molecule has 0 saturated heterocycles. The molecule has 0 amide bonds. The first kappa shape index (κ1) is 37.7. The van der Waals surface area contributed by atoms with Crippen molar-refractivity contribution in [1.82, 2.24) is 19.1 Å². The molecule has 0 radical (unpaired) electrons. The van der Waals surface area contributed by atoms with Crippen molar-refractivity contribution >= 4 is 76.1 Å². The van der Waals surface area contributed by atoms with Crippen LogP contribution in [0, 0.1) is 0 Å². The summed E-state index contributed by atoms with van der Waals surface area (Å²) in [5.41, 5.74) is 13.0. The lowest BCUT2D eigenvalue weighted by Crippen LogP contribution is -2.03. The minimum atomic E-state index is 0.651. The van der Waals surface area contributed by atoms with E-state index in [1.165, 1.54) is 38.1 Å². The lowest BCUT2D eigenvalue weighted by Gasteiger charge is -2.15. The Morgan fingerprint density at radius 1 is 0.242 bits per heavy atom. The molecule has 10 aromatic carbocycles. The molecule has 0 unspecified atom stereocenters. The fraction of sp³-hybridized carbons (Fsp3) is 0. The quantitative estimate of drug-likeness (QED) is 0.173. The van der Waals surface area contributed by atoms with Crippen LogP contribution in [-0.2, 0) is 0 Å². The van der Waals surface area contributed by atoms with Gasteiger partial charge in [0.1, 0.15) is 0 Å². The molecule has 0 N–H and O–H groups in total. The zero-order chi connectivity index (χ0) is 43.6. The van der Waals surface area contributed by atoms with Gasteiger partial charge < -0.3 is 4.57 Å². The second kappa shape index (κ2) is 15.4. The van der Waals surface area contributed by atoms with E-state index in [0.29, 0.717) is 5.95 Å². The molecule has 0 saturated carbocycles. The molecule has 66 heavy (non-hydrogen) atoms. The molecule has 3 heterocycles. The molecule has 0 aliphatic heterocycles. The van der Waals surface area contributed by atoms with Crippen molar-refractivity contribution in [2.75, 3.05) is 0 Å². The summed E-state index contributed by atoms with van der Waals surface area (Å²) in [7, 11) is 0. The molecular formula is C62H40N4. The van der Waals surface area contributed by atoms with Crippen LogP contribution in [-0.4, -0.2) is 19.1 Å². The number of fused-ring (bicyclic) bond motifs is 11. The molecule has 308 valence electrons. The standard InChI is InChI=1S/C62H40N4/c1-3-17-41(18-4-1)42-31-35-46(36-32-42)65-57-29-15-12-25-51(57)49-23-9-7-21-47(49)48-22-8-10-24-50(48)54-39-44(33-37-59(54)65)45-34-38-60-55(40-45)52-26-13-16-30-58(52)66(60)62-63-56-28-14-11-27-53(56)61(64-62)43-19-5-2-6-20-43/h1-40H. The van der Waals surface area contributed by atoms with E-state index < -0.39 is 0 Å². The van der Waals surface area contributed by atoms with Crippen molar-refractivity contribution in [2.24, 2.45) is 0 Å². The fourth-order valence-corrected chi connectivity index (χ4v) is 10.1. The molecule has 0 spiro atoms. The zero-order valence-corrected chi connectivity index (χ0v) is 35.9. The molecule has 13 aromatic rings. The molecular weight excluding hydrogens is 801 g/mol. The van der Waals surface area contributed by atoms with Gasteiger partial charge in [-0.15, -0.1) is 0 Å². The predicted molar refractivity (Wildman–Crippen MR) is 277 cm³/mol. The summed E-state index contributed by atoms with van der Waals surface area (Å²) in [6.45, 7) is 0. The number of nitrogens with zero attached hydrogens (tertiary/aromatic N) is 4. The first-order chi connectivity index (χ1) is 32.7. The van der Waals surface area contributed by atoms with E-state index in [9.17, 15) is 0 Å². The van der Waals surface area contributed by atoms with Gasteiger partial charge >= 0.3 is 0 Å². The fourth-order valence-electron chi connectivity index (χ4n) is 10.1. The minimum Gasteiger partial charge on any atom is -0.309 e. The first-order valence-corrected chi connectivity index (χ1v) is 22.5. The van der Waals surface area contributed by atoms with Crippen molar-refractivity contribution in [1.29, 1.82) is 0 Å². The molecule has 0 bridgehead atoms. The Morgan fingerprint density at radius 2 is 0.636 bits per heavy atom. The highest BCUT2D eigenvalue weighted by molar-refractivity contribution is 6.20. The van der Waals surface area contributed by atoms with Gasteiger partial charge in [0.25, 0.3) is 0 Å².